The van der Waals surface area contributed by atoms with Crippen LogP contribution in [0.1, 0.15) is 37.8 Å². The molecule has 0 spiro atoms. The fraction of sp³-hybridized carbons (Fsp3) is 0.409. The highest BCUT2D eigenvalue weighted by molar-refractivity contribution is 7.89. The highest BCUT2D eigenvalue weighted by Gasteiger charge is 2.24. The van der Waals surface area contributed by atoms with Gasteiger partial charge in [-0.15, -0.1) is 0 Å². The van der Waals surface area contributed by atoms with E-state index in [9.17, 15) is 13.2 Å². The molecular formula is C22H28N2O5S. The first kappa shape index (κ1) is 22.1. The lowest BCUT2D eigenvalue weighted by atomic mass is 10.2. The second-order valence-electron chi connectivity index (χ2n) is 7.07. The number of hydrogen-bond donors (Lipinski definition) is 1. The molecule has 0 atom stereocenters. The lowest BCUT2D eigenvalue weighted by Gasteiger charge is -2.19. The van der Waals surface area contributed by atoms with E-state index in [0.717, 1.165) is 23.2 Å². The minimum atomic E-state index is -3.71. The van der Waals surface area contributed by atoms with Gasteiger partial charge in [-0.25, -0.2) is 13.1 Å². The summed E-state index contributed by atoms with van der Waals surface area (Å²) in [5.41, 5.74) is 2.29. The molecule has 1 N–H and O–H groups in total. The van der Waals surface area contributed by atoms with Gasteiger partial charge in [0.2, 0.25) is 15.9 Å². The van der Waals surface area contributed by atoms with E-state index < -0.39 is 10.0 Å². The van der Waals surface area contributed by atoms with Gasteiger partial charge in [0.05, 0.1) is 18.1 Å². The second-order valence-corrected chi connectivity index (χ2v) is 8.84. The van der Waals surface area contributed by atoms with Crippen molar-refractivity contribution in [2.45, 2.75) is 45.1 Å². The molecule has 0 aliphatic carbocycles. The molecule has 1 fully saturated rings. The van der Waals surface area contributed by atoms with Crippen LogP contribution in [0.2, 0.25) is 0 Å². The lowest BCUT2D eigenvalue weighted by Crippen LogP contribution is -2.26. The molecule has 2 aromatic carbocycles. The molecule has 1 aliphatic heterocycles. The van der Waals surface area contributed by atoms with E-state index in [1.807, 2.05) is 26.8 Å². The smallest absolute Gasteiger partial charge is 0.240 e. The molecule has 0 unspecified atom stereocenters. The van der Waals surface area contributed by atoms with Crippen molar-refractivity contribution in [2.75, 3.05) is 24.7 Å². The number of aryl methyl sites for hydroxylation is 1. The molecule has 1 amide bonds. The van der Waals surface area contributed by atoms with Crippen LogP contribution in [-0.4, -0.2) is 34.1 Å². The van der Waals surface area contributed by atoms with Gasteiger partial charge in [-0.1, -0.05) is 6.07 Å². The number of anilines is 1. The Morgan fingerprint density at radius 2 is 1.77 bits per heavy atom. The van der Waals surface area contributed by atoms with Crippen molar-refractivity contribution in [3.05, 3.63) is 47.5 Å². The molecule has 0 saturated carbocycles. The number of amides is 1. The predicted molar refractivity (Wildman–Crippen MR) is 116 cm³/mol. The number of carbonyl (C=O) groups excluding carboxylic acids is 1. The van der Waals surface area contributed by atoms with Crippen molar-refractivity contribution in [1.82, 2.24) is 4.72 Å². The third-order valence-corrected chi connectivity index (χ3v) is 6.32. The first-order valence-electron chi connectivity index (χ1n) is 10.1. The summed E-state index contributed by atoms with van der Waals surface area (Å²) in [6.07, 6.45) is 1.36. The topological polar surface area (TPSA) is 84.9 Å². The highest BCUT2D eigenvalue weighted by Crippen LogP contribution is 2.29. The number of hydrogen-bond acceptors (Lipinski definition) is 5. The zero-order valence-corrected chi connectivity index (χ0v) is 18.4. The van der Waals surface area contributed by atoms with Gasteiger partial charge in [-0.3, -0.25) is 4.79 Å². The highest BCUT2D eigenvalue weighted by atomic mass is 32.2. The molecule has 2 aromatic rings. The Kier molecular flexibility index (Phi) is 6.99. The van der Waals surface area contributed by atoms with Crippen molar-refractivity contribution in [1.29, 1.82) is 0 Å². The molecule has 0 radical (unpaired) electrons. The number of benzene rings is 2. The summed E-state index contributed by atoms with van der Waals surface area (Å²) in [5.74, 6) is 1.30. The van der Waals surface area contributed by atoms with Crippen LogP contribution in [0.15, 0.2) is 41.3 Å². The minimum Gasteiger partial charge on any atom is -0.490 e. The summed E-state index contributed by atoms with van der Waals surface area (Å²) >= 11 is 0. The van der Waals surface area contributed by atoms with Gasteiger partial charge in [-0.2, -0.15) is 0 Å². The van der Waals surface area contributed by atoms with E-state index in [0.29, 0.717) is 37.7 Å². The molecule has 0 bridgehead atoms. The number of ether oxygens (including phenoxy) is 2. The van der Waals surface area contributed by atoms with Crippen LogP contribution < -0.4 is 19.1 Å². The minimum absolute atomic E-state index is 0.0763. The van der Waals surface area contributed by atoms with Crippen molar-refractivity contribution in [3.8, 4) is 11.5 Å². The van der Waals surface area contributed by atoms with Gasteiger partial charge in [0, 0.05) is 25.2 Å². The maximum absolute atomic E-state index is 12.8. The van der Waals surface area contributed by atoms with Gasteiger partial charge in [-0.05, 0) is 68.7 Å². The van der Waals surface area contributed by atoms with Crippen LogP contribution in [-0.2, 0) is 21.4 Å². The third-order valence-electron chi connectivity index (χ3n) is 4.92. The van der Waals surface area contributed by atoms with Crippen LogP contribution in [0.5, 0.6) is 11.5 Å². The fourth-order valence-electron chi connectivity index (χ4n) is 3.47. The molecule has 1 aliphatic rings. The fourth-order valence-corrected chi connectivity index (χ4v) is 4.57. The van der Waals surface area contributed by atoms with Crippen molar-refractivity contribution in [2.24, 2.45) is 0 Å². The number of nitrogens with one attached hydrogen (secondary N) is 1. The molecule has 7 nitrogen and oxygen atoms in total. The van der Waals surface area contributed by atoms with Crippen LogP contribution in [0.25, 0.3) is 0 Å². The van der Waals surface area contributed by atoms with Gasteiger partial charge >= 0.3 is 0 Å². The van der Waals surface area contributed by atoms with E-state index in [-0.39, 0.29) is 17.3 Å². The van der Waals surface area contributed by atoms with Crippen LogP contribution in [0.4, 0.5) is 5.69 Å². The Morgan fingerprint density at radius 3 is 2.40 bits per heavy atom. The van der Waals surface area contributed by atoms with Crippen molar-refractivity contribution in [3.63, 3.8) is 0 Å². The van der Waals surface area contributed by atoms with Crippen molar-refractivity contribution < 1.29 is 22.7 Å². The SMILES string of the molecule is CCOc1ccc(CNS(=O)(=O)c2ccc(N3CCCC3=O)c(C)c2)cc1OCC. The largest absolute Gasteiger partial charge is 0.490 e. The number of nitrogens with zero attached hydrogens (tertiary/aromatic N) is 1. The maximum atomic E-state index is 12.8. The Labute approximate surface area is 178 Å². The molecule has 3 rings (SSSR count). The average molecular weight is 433 g/mol. The third kappa shape index (κ3) is 4.94. The quantitative estimate of drug-likeness (QED) is 0.657. The summed E-state index contributed by atoms with van der Waals surface area (Å²) in [7, 11) is -3.71. The zero-order valence-electron chi connectivity index (χ0n) is 17.6. The number of carbonyl (C=O) groups is 1. The number of sulfonamides is 1. The summed E-state index contributed by atoms with van der Waals surface area (Å²) in [6, 6.07) is 10.2. The molecular weight excluding hydrogens is 404 g/mol. The van der Waals surface area contributed by atoms with Crippen LogP contribution in [0, 0.1) is 6.92 Å². The summed E-state index contributed by atoms with van der Waals surface area (Å²) in [5, 5.41) is 0. The Balaban J connectivity index is 1.74. The molecule has 1 heterocycles. The number of rotatable bonds is 9. The van der Waals surface area contributed by atoms with Gasteiger partial charge < -0.3 is 14.4 Å². The monoisotopic (exact) mass is 432 g/mol. The Bertz CT molecular complexity index is 1020. The van der Waals surface area contributed by atoms with E-state index in [1.165, 1.54) is 0 Å². The Morgan fingerprint density at radius 1 is 1.03 bits per heavy atom. The first-order chi connectivity index (χ1) is 14.4. The van der Waals surface area contributed by atoms with E-state index in [4.69, 9.17) is 9.47 Å². The maximum Gasteiger partial charge on any atom is 0.240 e. The lowest BCUT2D eigenvalue weighted by molar-refractivity contribution is -0.117. The molecule has 0 aromatic heterocycles. The van der Waals surface area contributed by atoms with Gasteiger partial charge in [0.25, 0.3) is 0 Å². The van der Waals surface area contributed by atoms with Crippen LogP contribution >= 0.6 is 0 Å². The zero-order chi connectivity index (χ0) is 21.7. The summed E-state index contributed by atoms with van der Waals surface area (Å²) in [4.78, 5) is 13.9. The first-order valence-corrected chi connectivity index (χ1v) is 11.6. The van der Waals surface area contributed by atoms with Gasteiger partial charge in [0.1, 0.15) is 0 Å². The van der Waals surface area contributed by atoms with E-state index in [2.05, 4.69) is 4.72 Å². The Hall–Kier alpha value is -2.58. The molecule has 8 heteroatoms. The normalized spacial score (nSPS) is 14.2. The standard InChI is InChI=1S/C22H28N2O5S/c1-4-28-20-11-8-17(14-21(20)29-5-2)15-23-30(26,27)18-9-10-19(16(3)13-18)24-12-6-7-22(24)25/h8-11,13-14,23H,4-7,12,15H2,1-3H3. The second kappa shape index (κ2) is 9.49. The summed E-state index contributed by atoms with van der Waals surface area (Å²) < 4.78 is 39.3. The summed E-state index contributed by atoms with van der Waals surface area (Å²) in [6.45, 7) is 7.40. The van der Waals surface area contributed by atoms with Gasteiger partial charge in [0.15, 0.2) is 11.5 Å². The van der Waals surface area contributed by atoms with Crippen molar-refractivity contribution >= 4 is 21.6 Å². The molecule has 30 heavy (non-hydrogen) atoms. The van der Waals surface area contributed by atoms with E-state index >= 15 is 0 Å². The van der Waals surface area contributed by atoms with E-state index in [1.54, 1.807) is 35.2 Å². The predicted octanol–water partition coefficient (Wildman–Crippen LogP) is 3.40. The molecule has 162 valence electrons. The van der Waals surface area contributed by atoms with Crippen LogP contribution in [0.3, 0.4) is 0 Å². The molecule has 1 saturated heterocycles. The average Bonchev–Trinajstić information content (AvgIpc) is 3.14.